The van der Waals surface area contributed by atoms with Gasteiger partial charge in [0.1, 0.15) is 0 Å². The molecule has 25 heavy (non-hydrogen) atoms. The summed E-state index contributed by atoms with van der Waals surface area (Å²) in [6, 6.07) is 26.4. The summed E-state index contributed by atoms with van der Waals surface area (Å²) in [5.74, 6) is 0.132. The van der Waals surface area contributed by atoms with Gasteiger partial charge < -0.3 is 5.32 Å². The Hall–Kier alpha value is -2.78. The van der Waals surface area contributed by atoms with Crippen LogP contribution in [0.5, 0.6) is 0 Å². The molecule has 1 aliphatic carbocycles. The number of rotatable bonds is 1. The molecule has 1 atom stereocenters. The number of thioether (sulfide) groups is 1. The van der Waals surface area contributed by atoms with Crippen molar-refractivity contribution in [2.75, 3.05) is 5.32 Å². The van der Waals surface area contributed by atoms with E-state index in [4.69, 9.17) is 0 Å². The molecule has 1 N–H and O–H groups in total. The van der Waals surface area contributed by atoms with Gasteiger partial charge in [0.15, 0.2) is 5.78 Å². The molecule has 0 fully saturated rings. The number of hydrogen-bond donors (Lipinski definition) is 1. The second-order valence-electron chi connectivity index (χ2n) is 6.19. The lowest BCUT2D eigenvalue weighted by Crippen LogP contribution is -2.07. The maximum Gasteiger partial charge on any atom is 0.193 e. The molecule has 0 aromatic heterocycles. The number of anilines is 1. The number of hydrogen-bond acceptors (Lipinski definition) is 3. The van der Waals surface area contributed by atoms with Crippen molar-refractivity contribution >= 4 is 28.9 Å². The number of carbonyl (C=O) groups excluding carboxylic acids is 1. The lowest BCUT2D eigenvalue weighted by atomic mass is 10.0. The van der Waals surface area contributed by atoms with Gasteiger partial charge in [-0.15, -0.1) is 11.8 Å². The van der Waals surface area contributed by atoms with Gasteiger partial charge in [-0.25, -0.2) is 0 Å². The van der Waals surface area contributed by atoms with Crippen LogP contribution in [0, 0.1) is 0 Å². The van der Waals surface area contributed by atoms with Crippen molar-refractivity contribution in [2.45, 2.75) is 10.1 Å². The molecule has 3 aromatic carbocycles. The molecule has 0 spiro atoms. The summed E-state index contributed by atoms with van der Waals surface area (Å²) >= 11 is 1.74. The number of ketones is 1. The minimum atomic E-state index is -0.0211. The molecule has 2 nitrogen and oxygen atoms in total. The highest BCUT2D eigenvalue weighted by molar-refractivity contribution is 8.00. The Morgan fingerprint density at radius 1 is 0.760 bits per heavy atom. The van der Waals surface area contributed by atoms with E-state index in [1.165, 1.54) is 0 Å². The van der Waals surface area contributed by atoms with E-state index in [2.05, 4.69) is 29.6 Å². The van der Waals surface area contributed by atoms with Gasteiger partial charge in [-0.2, -0.15) is 0 Å². The second-order valence-corrected chi connectivity index (χ2v) is 7.34. The number of nitrogens with one attached hydrogen (secondary N) is 1. The summed E-state index contributed by atoms with van der Waals surface area (Å²) in [4.78, 5) is 14.4. The average molecular weight is 341 g/mol. The van der Waals surface area contributed by atoms with E-state index in [9.17, 15) is 4.79 Å². The first-order valence-electron chi connectivity index (χ1n) is 8.29. The summed E-state index contributed by atoms with van der Waals surface area (Å²) in [5.41, 5.74) is 5.81. The van der Waals surface area contributed by atoms with Gasteiger partial charge in [-0.1, -0.05) is 66.7 Å². The van der Waals surface area contributed by atoms with E-state index in [1.54, 1.807) is 11.8 Å². The Labute approximate surface area is 150 Å². The van der Waals surface area contributed by atoms with Crippen molar-refractivity contribution in [3.05, 3.63) is 101 Å². The van der Waals surface area contributed by atoms with Crippen LogP contribution in [-0.4, -0.2) is 5.78 Å². The Bertz CT molecular complexity index is 1020. The molecule has 0 bridgehead atoms. The fourth-order valence-electron chi connectivity index (χ4n) is 3.54. The standard InChI is InChI=1S/C22H15NOS/c24-21-16-11-5-4-10-15(16)20-19(21)22(14-8-2-1-3-9-14)25-18-13-7-6-12-17(18)23-20/h1-13,22-23H/t22-/m1/s1. The summed E-state index contributed by atoms with van der Waals surface area (Å²) in [7, 11) is 0. The largest absolute Gasteiger partial charge is 0.354 e. The smallest absolute Gasteiger partial charge is 0.193 e. The van der Waals surface area contributed by atoms with E-state index in [1.807, 2.05) is 54.6 Å². The summed E-state index contributed by atoms with van der Waals surface area (Å²) < 4.78 is 0. The minimum Gasteiger partial charge on any atom is -0.354 e. The molecule has 0 amide bonds. The number of fused-ring (bicyclic) bond motifs is 3. The van der Waals surface area contributed by atoms with Crippen LogP contribution < -0.4 is 5.32 Å². The Morgan fingerprint density at radius 3 is 2.28 bits per heavy atom. The normalized spacial score (nSPS) is 18.1. The minimum absolute atomic E-state index is 0.0211. The van der Waals surface area contributed by atoms with Gasteiger partial charge in [0.2, 0.25) is 0 Å². The van der Waals surface area contributed by atoms with Gasteiger partial charge in [0.05, 0.1) is 16.6 Å². The van der Waals surface area contributed by atoms with E-state index < -0.39 is 0 Å². The Kier molecular flexibility index (Phi) is 3.28. The van der Waals surface area contributed by atoms with Gasteiger partial charge in [0, 0.05) is 21.6 Å². The molecule has 0 radical (unpaired) electrons. The van der Waals surface area contributed by atoms with Crippen molar-refractivity contribution in [1.29, 1.82) is 0 Å². The maximum absolute atomic E-state index is 13.2. The zero-order chi connectivity index (χ0) is 16.8. The Morgan fingerprint density at radius 2 is 1.44 bits per heavy atom. The third-order valence-corrected chi connectivity index (χ3v) is 6.06. The first-order valence-corrected chi connectivity index (χ1v) is 9.17. The molecule has 3 heteroatoms. The average Bonchev–Trinajstić information content (AvgIpc) is 2.84. The molecule has 5 rings (SSSR count). The van der Waals surface area contributed by atoms with Crippen LogP contribution in [0.4, 0.5) is 5.69 Å². The number of benzene rings is 3. The van der Waals surface area contributed by atoms with E-state index >= 15 is 0 Å². The van der Waals surface area contributed by atoms with Gasteiger partial charge >= 0.3 is 0 Å². The monoisotopic (exact) mass is 341 g/mol. The van der Waals surface area contributed by atoms with Crippen LogP contribution >= 0.6 is 11.8 Å². The number of carbonyl (C=O) groups is 1. The summed E-state index contributed by atoms with van der Waals surface area (Å²) in [5, 5.41) is 3.52. The van der Waals surface area contributed by atoms with Crippen LogP contribution in [0.25, 0.3) is 5.70 Å². The maximum atomic E-state index is 13.2. The summed E-state index contributed by atoms with van der Waals surface area (Å²) in [6.45, 7) is 0. The van der Waals surface area contributed by atoms with Crippen molar-refractivity contribution in [2.24, 2.45) is 0 Å². The molecule has 2 aliphatic rings. The molecule has 3 aromatic rings. The molecule has 120 valence electrons. The first-order chi connectivity index (χ1) is 12.3. The summed E-state index contributed by atoms with van der Waals surface area (Å²) in [6.07, 6.45) is 0. The fourth-order valence-corrected chi connectivity index (χ4v) is 4.84. The fraction of sp³-hybridized carbons (Fsp3) is 0.0455. The van der Waals surface area contributed by atoms with Crippen molar-refractivity contribution in [3.63, 3.8) is 0 Å². The number of Topliss-reactive ketones (excluding diaryl/α,β-unsaturated/α-hetero) is 1. The van der Waals surface area contributed by atoms with Crippen LogP contribution in [0.3, 0.4) is 0 Å². The van der Waals surface area contributed by atoms with Crippen LogP contribution in [0.15, 0.2) is 89.3 Å². The molecular weight excluding hydrogens is 326 g/mol. The molecule has 0 unspecified atom stereocenters. The van der Waals surface area contributed by atoms with Crippen molar-refractivity contribution < 1.29 is 4.79 Å². The lowest BCUT2D eigenvalue weighted by molar-refractivity contribution is 0.103. The quantitative estimate of drug-likeness (QED) is 0.629. The predicted molar refractivity (Wildman–Crippen MR) is 103 cm³/mol. The molecule has 1 heterocycles. The van der Waals surface area contributed by atoms with E-state index in [-0.39, 0.29) is 11.0 Å². The second kappa shape index (κ2) is 5.64. The lowest BCUT2D eigenvalue weighted by Gasteiger charge is -2.17. The SMILES string of the molecule is O=C1C2=C(Nc3ccccc3S[C@@H]2c2ccccc2)c2ccccc21. The highest BCUT2D eigenvalue weighted by Crippen LogP contribution is 2.52. The third kappa shape index (κ3) is 2.24. The van der Waals surface area contributed by atoms with E-state index in [0.717, 1.165) is 38.5 Å². The van der Waals surface area contributed by atoms with Crippen LogP contribution in [0.1, 0.15) is 26.7 Å². The van der Waals surface area contributed by atoms with Gasteiger partial charge in [-0.3, -0.25) is 4.79 Å². The van der Waals surface area contributed by atoms with E-state index in [0.29, 0.717) is 0 Å². The van der Waals surface area contributed by atoms with Gasteiger partial charge in [-0.05, 0) is 17.7 Å². The van der Waals surface area contributed by atoms with Crippen LogP contribution in [0.2, 0.25) is 0 Å². The zero-order valence-electron chi connectivity index (χ0n) is 13.4. The molecule has 0 saturated heterocycles. The van der Waals surface area contributed by atoms with Crippen molar-refractivity contribution in [1.82, 2.24) is 0 Å². The third-order valence-electron chi connectivity index (χ3n) is 4.71. The molecule has 1 aliphatic heterocycles. The molecular formula is C22H15NOS. The number of para-hydroxylation sites is 1. The Balaban J connectivity index is 1.76. The zero-order valence-corrected chi connectivity index (χ0v) is 14.2. The highest BCUT2D eigenvalue weighted by Gasteiger charge is 2.37. The molecule has 0 saturated carbocycles. The first kappa shape index (κ1) is 14.6. The van der Waals surface area contributed by atoms with Crippen LogP contribution in [-0.2, 0) is 0 Å². The van der Waals surface area contributed by atoms with Crippen molar-refractivity contribution in [3.8, 4) is 0 Å². The predicted octanol–water partition coefficient (Wildman–Crippen LogP) is 5.55. The highest BCUT2D eigenvalue weighted by atomic mass is 32.2. The van der Waals surface area contributed by atoms with Gasteiger partial charge in [0.25, 0.3) is 0 Å². The topological polar surface area (TPSA) is 29.1 Å².